The van der Waals surface area contributed by atoms with E-state index < -0.39 is 45.1 Å². The predicted molar refractivity (Wildman–Crippen MR) is 229 cm³/mol. The summed E-state index contributed by atoms with van der Waals surface area (Å²) in [5, 5.41) is 49.8. The third-order valence-corrected chi connectivity index (χ3v) is 8.77. The van der Waals surface area contributed by atoms with Crippen LogP contribution in [-0.2, 0) is 35.0 Å². The van der Waals surface area contributed by atoms with Crippen LogP contribution in [0, 0.1) is 0 Å². The van der Waals surface area contributed by atoms with Crippen molar-refractivity contribution in [3.8, 4) is 0 Å². The second kappa shape index (κ2) is 37.9. The number of aliphatic hydroxyl groups is 6. The first-order valence-corrected chi connectivity index (χ1v) is 21.0. The molecule has 0 aliphatic rings. The smallest absolute Gasteiger partial charge is 0.295 e. The van der Waals surface area contributed by atoms with Crippen molar-refractivity contribution in [3.63, 3.8) is 0 Å². The van der Waals surface area contributed by atoms with E-state index in [0.717, 1.165) is 63.1 Å². The molecule has 0 saturated carbocycles. The molecule has 0 unspecified atom stereocenters. The Labute approximate surface area is 366 Å². The Kier molecular flexibility index (Phi) is 35.7. The molecular weight excluding hydrogens is 845 g/mol. The fraction of sp³-hybridized carbons (Fsp3) is 0.442. The molecule has 0 aromatic heterocycles. The molecule has 3 aromatic carbocycles. The summed E-state index contributed by atoms with van der Waals surface area (Å²) in [4.78, 5) is 77.9. The number of unbranched alkanes of at least 4 members (excludes halogenated alkanes) is 4. The third-order valence-electron chi connectivity index (χ3n) is 7.86. The Morgan fingerprint density at radius 3 is 1.40 bits per heavy atom. The quantitative estimate of drug-likeness (QED) is 0.0178. The fourth-order valence-corrected chi connectivity index (χ4v) is 5.55. The lowest BCUT2D eigenvalue weighted by molar-refractivity contribution is -0.0453. The van der Waals surface area contributed by atoms with Gasteiger partial charge in [0.15, 0.2) is 17.9 Å². The summed E-state index contributed by atoms with van der Waals surface area (Å²) < 4.78 is 31.4. The first kappa shape index (κ1) is 59.3. The summed E-state index contributed by atoms with van der Waals surface area (Å²) >= 11 is 0. The van der Waals surface area contributed by atoms with Crippen molar-refractivity contribution in [3.05, 3.63) is 101 Å². The predicted octanol–water partition coefficient (Wildman–Crippen LogP) is 3.69. The van der Waals surface area contributed by atoms with Crippen LogP contribution in [0.2, 0.25) is 0 Å². The molecule has 0 aliphatic carbocycles. The number of aliphatic hydroxyl groups excluding tert-OH is 5. The fourth-order valence-electron chi connectivity index (χ4n) is 4.86. The molecule has 20 heteroatoms. The molecule has 0 heterocycles. The van der Waals surface area contributed by atoms with Crippen molar-refractivity contribution in [2.75, 3.05) is 39.5 Å². The van der Waals surface area contributed by atoms with E-state index in [1.165, 1.54) is 24.3 Å². The Bertz CT molecular complexity index is 1940. The van der Waals surface area contributed by atoms with E-state index >= 15 is 0 Å². The highest BCUT2D eigenvalue weighted by Crippen LogP contribution is 2.34. The molecule has 0 atom stereocenters. The number of benzene rings is 3. The number of rotatable bonds is 23. The molecule has 7 N–H and O–H groups in total. The number of Topliss-reactive ketones (excluding diaryl/α,β-unsaturated/α-hetero) is 2. The van der Waals surface area contributed by atoms with E-state index in [4.69, 9.17) is 35.2 Å². The lowest BCUT2D eigenvalue weighted by atomic mass is 9.92. The van der Waals surface area contributed by atoms with Crippen LogP contribution in [0.3, 0.4) is 0 Å². The minimum Gasteiger partial charge on any atom is -0.396 e. The molecule has 0 aliphatic heterocycles. The lowest BCUT2D eigenvalue weighted by Crippen LogP contribution is -2.22. The number of nitrogens with zero attached hydrogens (tertiary/aromatic N) is 4. The van der Waals surface area contributed by atoms with Gasteiger partial charge in [-0.2, -0.15) is 18.4 Å². The van der Waals surface area contributed by atoms with E-state index in [1.807, 2.05) is 19.1 Å². The zero-order valence-corrected chi connectivity index (χ0v) is 35.8. The first-order valence-electron chi connectivity index (χ1n) is 19.6. The summed E-state index contributed by atoms with van der Waals surface area (Å²) in [6.45, 7) is 2.54. The standard InChI is InChI=1S/C15H10N2O2.C12H14O7S.C8H12N2O2.2C4H10O2/c18-11-16-15(17-12-19,13-7-3-1-4-8-13)14-9-5-2-6-10-14;13-5-3-10(15)8-1-2-12(20(17,18)19)9(7-8)11(16)4-6-14;11-7-9-5-3-1-2-4-6-10-8-12;1-2-3-4(5)6;5-3-1-2-4-6/h1-10H;1-2,7,13-14H,3-6H2,(H,17,18,19);1-6H2;4-6H,2-3H2,1H3;5-6H,1-4H2. The maximum atomic E-state index is 11.7. The summed E-state index contributed by atoms with van der Waals surface area (Å²) in [5.74, 6) is -1.17. The number of hydrogen-bond donors (Lipinski definition) is 7. The molecule has 0 radical (unpaired) electrons. The van der Waals surface area contributed by atoms with Crippen LogP contribution in [0.5, 0.6) is 0 Å². The Morgan fingerprint density at radius 1 is 0.619 bits per heavy atom. The average molecular weight is 901 g/mol. The molecule has 0 amide bonds. The van der Waals surface area contributed by atoms with Crippen LogP contribution in [0.4, 0.5) is 0 Å². The van der Waals surface area contributed by atoms with Crippen molar-refractivity contribution < 1.29 is 72.4 Å². The Balaban J connectivity index is 0. The number of hydrogen-bond acceptors (Lipinski definition) is 18. The van der Waals surface area contributed by atoms with Crippen molar-refractivity contribution in [1.29, 1.82) is 0 Å². The molecule has 0 spiro atoms. The maximum absolute atomic E-state index is 11.7. The molecule has 19 nitrogen and oxygen atoms in total. The molecular formula is C43H56N4O15S. The Morgan fingerprint density at radius 2 is 1.06 bits per heavy atom. The second-order valence-electron chi connectivity index (χ2n) is 12.6. The molecule has 0 saturated heterocycles. The summed E-state index contributed by atoms with van der Waals surface area (Å²) in [6, 6.07) is 20.9. The van der Waals surface area contributed by atoms with Crippen molar-refractivity contribution >= 4 is 46.0 Å². The van der Waals surface area contributed by atoms with Crippen LogP contribution >= 0.6 is 0 Å². The van der Waals surface area contributed by atoms with Gasteiger partial charge in [0.1, 0.15) is 4.90 Å². The van der Waals surface area contributed by atoms with Gasteiger partial charge in [-0.05, 0) is 50.3 Å². The zero-order valence-electron chi connectivity index (χ0n) is 35.0. The van der Waals surface area contributed by atoms with Gasteiger partial charge in [0.05, 0.1) is 26.3 Å². The van der Waals surface area contributed by atoms with Gasteiger partial charge >= 0.3 is 0 Å². The highest BCUT2D eigenvalue weighted by Gasteiger charge is 2.34. The summed E-state index contributed by atoms with van der Waals surface area (Å²) in [6.07, 6.45) is 10.9. The highest BCUT2D eigenvalue weighted by molar-refractivity contribution is 7.86. The van der Waals surface area contributed by atoms with Gasteiger partial charge in [-0.25, -0.2) is 29.2 Å². The molecule has 63 heavy (non-hydrogen) atoms. The van der Waals surface area contributed by atoms with Gasteiger partial charge < -0.3 is 30.6 Å². The van der Waals surface area contributed by atoms with Crippen LogP contribution in [0.15, 0.2) is 104 Å². The van der Waals surface area contributed by atoms with E-state index in [1.54, 1.807) is 48.5 Å². The van der Waals surface area contributed by atoms with Crippen LogP contribution < -0.4 is 0 Å². The number of aliphatic imine (C=N–C) groups is 4. The lowest BCUT2D eigenvalue weighted by Gasteiger charge is -2.22. The van der Waals surface area contributed by atoms with E-state index in [0.29, 0.717) is 30.6 Å². The molecule has 0 bridgehead atoms. The van der Waals surface area contributed by atoms with Gasteiger partial charge in [-0.3, -0.25) is 14.1 Å². The highest BCUT2D eigenvalue weighted by atomic mass is 32.2. The SMILES string of the molecule is CCCC(O)O.O=C(CCO)c1ccc(S(=O)(=O)O)c(C(=O)CCO)c1.O=C=NC(N=C=O)(c1ccccc1)c1ccccc1.O=C=NCCCCCCN=C=O.OCCCCO. The van der Waals surface area contributed by atoms with Crippen LogP contribution in [0.25, 0.3) is 0 Å². The number of carbonyl (C=O) groups is 2. The zero-order chi connectivity index (χ0) is 47.8. The average Bonchev–Trinajstić information content (AvgIpc) is 3.27. The third kappa shape index (κ3) is 27.0. The van der Waals surface area contributed by atoms with Crippen LogP contribution in [-0.4, -0.2) is 125 Å². The van der Waals surface area contributed by atoms with Crippen LogP contribution in [0.1, 0.15) is 103 Å². The van der Waals surface area contributed by atoms with Gasteiger partial charge in [-0.15, -0.1) is 0 Å². The monoisotopic (exact) mass is 900 g/mol. The van der Waals surface area contributed by atoms with E-state index in [9.17, 15) is 37.2 Å². The van der Waals surface area contributed by atoms with Gasteiger partial charge in [-0.1, -0.05) is 86.8 Å². The normalized spacial score (nSPS) is 10.0. The molecule has 344 valence electrons. The topological polar surface area (TPSA) is 328 Å². The second-order valence-corrected chi connectivity index (χ2v) is 14.0. The molecule has 3 rings (SSSR count). The first-order chi connectivity index (χ1) is 30.2. The number of isocyanates is 4. The summed E-state index contributed by atoms with van der Waals surface area (Å²) in [5.41, 5.74) is -0.509. The minimum absolute atomic E-state index is 0.0488. The summed E-state index contributed by atoms with van der Waals surface area (Å²) in [7, 11) is -4.61. The van der Waals surface area contributed by atoms with Crippen molar-refractivity contribution in [1.82, 2.24) is 0 Å². The van der Waals surface area contributed by atoms with Gasteiger partial charge in [0, 0.05) is 48.3 Å². The van der Waals surface area contributed by atoms with Crippen molar-refractivity contribution in [2.24, 2.45) is 20.0 Å². The largest absolute Gasteiger partial charge is 0.396 e. The molecule has 0 fully saturated rings. The number of carbonyl (C=O) groups excluding carboxylic acids is 6. The van der Waals surface area contributed by atoms with E-state index in [2.05, 4.69) is 20.0 Å². The minimum atomic E-state index is -4.61. The van der Waals surface area contributed by atoms with Gasteiger partial charge in [0.2, 0.25) is 30.0 Å². The van der Waals surface area contributed by atoms with Gasteiger partial charge in [0.25, 0.3) is 10.1 Å². The maximum Gasteiger partial charge on any atom is 0.295 e. The number of ketones is 2. The van der Waals surface area contributed by atoms with E-state index in [-0.39, 0.29) is 43.8 Å². The van der Waals surface area contributed by atoms with Crippen molar-refractivity contribution in [2.45, 2.75) is 88.0 Å². The molecule has 3 aromatic rings. The Hall–Kier alpha value is -5.81.